The van der Waals surface area contributed by atoms with E-state index >= 15 is 0 Å². The van der Waals surface area contributed by atoms with Crippen molar-refractivity contribution in [2.75, 3.05) is 13.2 Å². The van der Waals surface area contributed by atoms with Crippen LogP contribution in [0.4, 0.5) is 0 Å². The van der Waals surface area contributed by atoms with Crippen molar-refractivity contribution in [3.8, 4) is 0 Å². The summed E-state index contributed by atoms with van der Waals surface area (Å²) < 4.78 is 44.6. The summed E-state index contributed by atoms with van der Waals surface area (Å²) in [5.74, 6) is 0. The standard InChI is InChI=1S/C15H24N2O16P2/c18-3-5-8(20)10(22)12(24)14(32-5)33-35(28,29)34(26,27)30-4-6-9(21)11(23)13(31-6)17-2-1-7(19)16-15(17)25/h1-2,5-6,8-14,18,20-24H,3-4H2,(H,26,27)(H,28,29)(H,16,19,25). The monoisotopic (exact) mass is 550 g/mol. The molecule has 1 aromatic rings. The molecule has 0 spiro atoms. The van der Waals surface area contributed by atoms with Gasteiger partial charge in [0.25, 0.3) is 5.56 Å². The van der Waals surface area contributed by atoms with Crippen molar-refractivity contribution >= 4 is 14.6 Å². The molecule has 2 aliphatic heterocycles. The Balaban J connectivity index is 1.68. The lowest BCUT2D eigenvalue weighted by molar-refractivity contribution is -0.278. The molecule has 0 amide bonds. The van der Waals surface area contributed by atoms with E-state index in [2.05, 4.69) is 9.05 Å². The van der Waals surface area contributed by atoms with Crippen LogP contribution in [0.2, 0.25) is 0 Å². The largest absolute Gasteiger partial charge is 0.440 e. The lowest BCUT2D eigenvalue weighted by Gasteiger charge is -2.39. The van der Waals surface area contributed by atoms with E-state index in [9.17, 15) is 54.0 Å². The Morgan fingerprint density at radius 2 is 1.54 bits per heavy atom. The topological polar surface area (TPSA) is 288 Å². The first-order valence-electron chi connectivity index (χ1n) is 9.82. The lowest BCUT2D eigenvalue weighted by Crippen LogP contribution is -2.58. The summed E-state index contributed by atoms with van der Waals surface area (Å²) in [6.07, 6.45) is -15.6. The molecule has 2 saturated heterocycles. The fourth-order valence-electron chi connectivity index (χ4n) is 3.32. The van der Waals surface area contributed by atoms with Gasteiger partial charge in [-0.2, -0.15) is 0 Å². The highest BCUT2D eigenvalue weighted by molar-refractivity contribution is 8.26. The highest BCUT2D eigenvalue weighted by Crippen LogP contribution is 2.78. The van der Waals surface area contributed by atoms with Gasteiger partial charge in [-0.05, 0) is 0 Å². The first-order chi connectivity index (χ1) is 16.2. The Morgan fingerprint density at radius 3 is 2.14 bits per heavy atom. The molecule has 20 heteroatoms. The summed E-state index contributed by atoms with van der Waals surface area (Å²) in [7, 11) is -11.4. The van der Waals surface area contributed by atoms with E-state index in [1.165, 1.54) is 0 Å². The number of aliphatic hydroxyl groups is 6. The fourth-order valence-corrected chi connectivity index (χ4v) is 5.64. The number of nitrogens with one attached hydrogen (secondary N) is 1. The Morgan fingerprint density at radius 1 is 0.914 bits per heavy atom. The van der Waals surface area contributed by atoms with Gasteiger partial charge < -0.3 is 49.9 Å². The summed E-state index contributed by atoms with van der Waals surface area (Å²) in [6, 6.07) is 0.925. The molecule has 0 aliphatic carbocycles. The maximum absolute atomic E-state index is 12.4. The normalized spacial score (nSPS) is 39.1. The van der Waals surface area contributed by atoms with E-state index in [0.29, 0.717) is 4.57 Å². The van der Waals surface area contributed by atoms with E-state index in [-0.39, 0.29) is 0 Å². The third-order valence-corrected chi connectivity index (χ3v) is 9.43. The Hall–Kier alpha value is -1.34. The summed E-state index contributed by atoms with van der Waals surface area (Å²) in [5.41, 5.74) is -1.76. The van der Waals surface area contributed by atoms with Crippen molar-refractivity contribution < 1.29 is 68.1 Å². The fraction of sp³-hybridized carbons (Fsp3) is 0.733. The first-order valence-corrected chi connectivity index (χ1v) is 13.7. The average Bonchev–Trinajstić information content (AvgIpc) is 3.06. The van der Waals surface area contributed by atoms with Crippen molar-refractivity contribution in [1.82, 2.24) is 9.55 Å². The lowest BCUT2D eigenvalue weighted by atomic mass is 10.00. The van der Waals surface area contributed by atoms with Gasteiger partial charge in [0.05, 0.1) is 13.2 Å². The van der Waals surface area contributed by atoms with E-state index < -0.39 is 94.3 Å². The van der Waals surface area contributed by atoms with Crippen LogP contribution in [0.25, 0.3) is 0 Å². The van der Waals surface area contributed by atoms with Gasteiger partial charge >= 0.3 is 20.3 Å². The zero-order valence-corrected chi connectivity index (χ0v) is 19.2. The second-order valence-electron chi connectivity index (χ2n) is 7.64. The predicted molar refractivity (Wildman–Crippen MR) is 108 cm³/mol. The van der Waals surface area contributed by atoms with Crippen molar-refractivity contribution in [1.29, 1.82) is 0 Å². The van der Waals surface area contributed by atoms with Crippen LogP contribution in [0.5, 0.6) is 0 Å². The van der Waals surface area contributed by atoms with Crippen LogP contribution >= 0.6 is 14.6 Å². The van der Waals surface area contributed by atoms with Gasteiger partial charge in [-0.3, -0.25) is 23.4 Å². The minimum atomic E-state index is -5.73. The average molecular weight is 550 g/mol. The molecule has 11 atom stereocenters. The number of rotatable bonds is 8. The molecule has 2 aliphatic rings. The summed E-state index contributed by atoms with van der Waals surface area (Å²) in [6.45, 7) is -1.99. The van der Waals surface area contributed by atoms with Crippen LogP contribution in [0.3, 0.4) is 0 Å². The molecular weight excluding hydrogens is 526 g/mol. The number of aromatic nitrogens is 2. The smallest absolute Gasteiger partial charge is 0.394 e. The quantitative estimate of drug-likeness (QED) is 0.137. The van der Waals surface area contributed by atoms with E-state index in [4.69, 9.17) is 14.6 Å². The number of nitrogens with zero attached hydrogens (tertiary/aromatic N) is 1. The van der Waals surface area contributed by atoms with Gasteiger partial charge in [0.1, 0.15) is 42.7 Å². The van der Waals surface area contributed by atoms with Crippen molar-refractivity contribution in [3.05, 3.63) is 33.1 Å². The van der Waals surface area contributed by atoms with Gasteiger partial charge in [0.15, 0.2) is 12.5 Å². The maximum Gasteiger partial charge on any atom is 0.440 e. The van der Waals surface area contributed by atoms with Crippen molar-refractivity contribution in [3.63, 3.8) is 0 Å². The molecule has 18 nitrogen and oxygen atoms in total. The van der Waals surface area contributed by atoms with Gasteiger partial charge in [-0.1, -0.05) is 0 Å². The number of aromatic amines is 1. The summed E-state index contributed by atoms with van der Waals surface area (Å²) in [5, 5.41) is 58.7. The minimum Gasteiger partial charge on any atom is -0.394 e. The Bertz CT molecular complexity index is 1110. The highest BCUT2D eigenvalue weighted by atomic mass is 32.1. The van der Waals surface area contributed by atoms with Gasteiger partial charge in [-0.15, -0.1) is 0 Å². The van der Waals surface area contributed by atoms with Gasteiger partial charge in [0, 0.05) is 12.3 Å². The first kappa shape index (κ1) is 28.2. The number of ether oxygens (including phenoxy) is 2. The third kappa shape index (κ3) is 5.66. The molecule has 9 N–H and O–H groups in total. The van der Waals surface area contributed by atoms with Gasteiger partial charge in [0.2, 0.25) is 0 Å². The molecule has 0 radical (unpaired) electrons. The minimum absolute atomic E-state index is 0.715. The number of H-pyrrole nitrogens is 1. The van der Waals surface area contributed by atoms with E-state index in [0.717, 1.165) is 12.3 Å². The van der Waals surface area contributed by atoms with Crippen LogP contribution in [0, 0.1) is 0 Å². The van der Waals surface area contributed by atoms with Crippen LogP contribution in [0.1, 0.15) is 6.23 Å². The summed E-state index contributed by atoms with van der Waals surface area (Å²) >= 11 is 0. The van der Waals surface area contributed by atoms with Crippen LogP contribution in [0.15, 0.2) is 21.9 Å². The van der Waals surface area contributed by atoms with Crippen LogP contribution < -0.4 is 11.2 Å². The zero-order chi connectivity index (χ0) is 26.3. The zero-order valence-electron chi connectivity index (χ0n) is 17.5. The maximum atomic E-state index is 12.4. The Kier molecular flexibility index (Phi) is 8.52. The molecule has 0 aromatic carbocycles. The molecule has 200 valence electrons. The summed E-state index contributed by atoms with van der Waals surface area (Å²) in [4.78, 5) is 44.9. The van der Waals surface area contributed by atoms with Crippen molar-refractivity contribution in [2.24, 2.45) is 0 Å². The predicted octanol–water partition coefficient (Wildman–Crippen LogP) is -4.73. The molecular formula is C15H24N2O16P2. The molecule has 3 rings (SSSR count). The number of hydrogen-bond acceptors (Lipinski definition) is 14. The molecule has 3 heterocycles. The molecule has 35 heavy (non-hydrogen) atoms. The SMILES string of the molecule is O=c1ccn(C2OC(COP(=O)(O)P(=O)(O)OC3OC(CO)C(O)C(O)C3O)C(O)C2O)c(=O)[nH]1. The highest BCUT2D eigenvalue weighted by Gasteiger charge is 2.54. The van der Waals surface area contributed by atoms with Crippen LogP contribution in [-0.2, 0) is 27.7 Å². The number of hydrogen-bond donors (Lipinski definition) is 9. The molecule has 2 fully saturated rings. The number of aliphatic hydroxyl groups excluding tert-OH is 6. The second kappa shape index (κ2) is 10.6. The second-order valence-corrected chi connectivity index (χ2v) is 13.1. The third-order valence-electron chi connectivity index (χ3n) is 5.28. The molecule has 1 aromatic heterocycles. The van der Waals surface area contributed by atoms with E-state index in [1.54, 1.807) is 0 Å². The molecule has 0 bridgehead atoms. The molecule has 0 saturated carbocycles. The molecule has 11 unspecified atom stereocenters. The van der Waals surface area contributed by atoms with Gasteiger partial charge in [-0.25, -0.2) is 13.9 Å². The van der Waals surface area contributed by atoms with Crippen molar-refractivity contribution in [2.45, 2.75) is 55.2 Å². The van der Waals surface area contributed by atoms with E-state index in [1.807, 2.05) is 4.98 Å². The Labute approximate surface area is 194 Å². The van der Waals surface area contributed by atoms with Crippen LogP contribution in [-0.4, -0.2) is 112 Å².